The van der Waals surface area contributed by atoms with Gasteiger partial charge in [0.05, 0.1) is 28.5 Å². The monoisotopic (exact) mass is 510 g/mol. The summed E-state index contributed by atoms with van der Waals surface area (Å²) in [6.07, 6.45) is 3.57. The minimum absolute atomic E-state index is 0.206. The number of rotatable bonds is 7. The van der Waals surface area contributed by atoms with Crippen LogP contribution in [0, 0.1) is 0 Å². The van der Waals surface area contributed by atoms with Crippen LogP contribution in [0.5, 0.6) is 5.75 Å². The summed E-state index contributed by atoms with van der Waals surface area (Å²) < 4.78 is 13.1. The van der Waals surface area contributed by atoms with Crippen LogP contribution in [-0.4, -0.2) is 23.8 Å². The van der Waals surface area contributed by atoms with Crippen molar-refractivity contribution >= 4 is 34.2 Å². The molecular formula is C30H26N2O4S. The SMILES string of the molecule is C=CCOc1ccc(C2C(C(=O)OCC)=C(C)N=c3sc(=Cc4cccc5ccccc45)c(=O)n32)cc1. The van der Waals surface area contributed by atoms with Crippen LogP contribution in [0.15, 0.2) is 100 Å². The van der Waals surface area contributed by atoms with E-state index in [1.807, 2.05) is 72.8 Å². The van der Waals surface area contributed by atoms with Crippen LogP contribution in [0.2, 0.25) is 0 Å². The highest BCUT2D eigenvalue weighted by Gasteiger charge is 2.33. The molecule has 0 amide bonds. The Labute approximate surface area is 218 Å². The van der Waals surface area contributed by atoms with Crippen molar-refractivity contribution < 1.29 is 14.3 Å². The molecule has 0 bridgehead atoms. The minimum atomic E-state index is -0.668. The number of ether oxygens (including phenoxy) is 2. The molecule has 4 aromatic rings. The lowest BCUT2D eigenvalue weighted by Crippen LogP contribution is -2.39. The van der Waals surface area contributed by atoms with Crippen LogP contribution in [0.4, 0.5) is 0 Å². The summed E-state index contributed by atoms with van der Waals surface area (Å²) in [6.45, 7) is 7.82. The van der Waals surface area contributed by atoms with Gasteiger partial charge in [0.25, 0.3) is 5.56 Å². The molecule has 1 aliphatic heterocycles. The van der Waals surface area contributed by atoms with E-state index < -0.39 is 12.0 Å². The number of aromatic nitrogens is 1. The number of fused-ring (bicyclic) bond motifs is 2. The molecular weight excluding hydrogens is 484 g/mol. The van der Waals surface area contributed by atoms with Crippen LogP contribution >= 0.6 is 11.3 Å². The summed E-state index contributed by atoms with van der Waals surface area (Å²) in [6, 6.07) is 20.8. The first kappa shape index (κ1) is 24.5. The largest absolute Gasteiger partial charge is 0.490 e. The van der Waals surface area contributed by atoms with Gasteiger partial charge in [-0.2, -0.15) is 0 Å². The summed E-state index contributed by atoms with van der Waals surface area (Å²) in [5.41, 5.74) is 2.40. The molecule has 2 heterocycles. The topological polar surface area (TPSA) is 69.9 Å². The second-order valence-corrected chi connectivity index (χ2v) is 9.55. The molecule has 186 valence electrons. The quantitative estimate of drug-likeness (QED) is 0.271. The second-order valence-electron chi connectivity index (χ2n) is 8.54. The van der Waals surface area contributed by atoms with E-state index in [9.17, 15) is 9.59 Å². The molecule has 0 saturated heterocycles. The zero-order valence-corrected chi connectivity index (χ0v) is 21.5. The van der Waals surface area contributed by atoms with E-state index in [1.54, 1.807) is 24.5 Å². The lowest BCUT2D eigenvalue weighted by atomic mass is 9.96. The maximum atomic E-state index is 13.9. The van der Waals surface area contributed by atoms with Crippen LogP contribution in [0.1, 0.15) is 31.0 Å². The van der Waals surface area contributed by atoms with E-state index in [2.05, 4.69) is 11.6 Å². The van der Waals surface area contributed by atoms with E-state index >= 15 is 0 Å². The fraction of sp³-hybridized carbons (Fsp3) is 0.167. The lowest BCUT2D eigenvalue weighted by molar-refractivity contribution is -0.139. The van der Waals surface area contributed by atoms with Crippen molar-refractivity contribution in [2.45, 2.75) is 19.9 Å². The van der Waals surface area contributed by atoms with Crippen LogP contribution in [0.3, 0.4) is 0 Å². The number of benzene rings is 3. The van der Waals surface area contributed by atoms with Gasteiger partial charge in [0.15, 0.2) is 4.80 Å². The standard InChI is InChI=1S/C30H26N2O4S/c1-4-17-36-23-15-13-21(14-16-23)27-26(29(34)35-5-2)19(3)31-30-32(27)28(33)25(37-30)18-22-11-8-10-20-9-6-7-12-24(20)22/h4,6-16,18,27H,1,5,17H2,2-3H3. The van der Waals surface area contributed by atoms with E-state index in [0.29, 0.717) is 33.0 Å². The first-order chi connectivity index (χ1) is 18.0. The summed E-state index contributed by atoms with van der Waals surface area (Å²) in [7, 11) is 0. The molecule has 37 heavy (non-hydrogen) atoms. The van der Waals surface area contributed by atoms with E-state index in [-0.39, 0.29) is 12.2 Å². The minimum Gasteiger partial charge on any atom is -0.490 e. The Hall–Kier alpha value is -4.23. The van der Waals surface area contributed by atoms with Gasteiger partial charge >= 0.3 is 5.97 Å². The molecule has 0 spiro atoms. The van der Waals surface area contributed by atoms with Gasteiger partial charge in [0.1, 0.15) is 12.4 Å². The van der Waals surface area contributed by atoms with Gasteiger partial charge in [-0.3, -0.25) is 9.36 Å². The third kappa shape index (κ3) is 4.66. The van der Waals surface area contributed by atoms with Crippen LogP contribution in [-0.2, 0) is 9.53 Å². The summed E-state index contributed by atoms with van der Waals surface area (Å²) >= 11 is 1.32. The predicted molar refractivity (Wildman–Crippen MR) is 146 cm³/mol. The average molecular weight is 511 g/mol. The fourth-order valence-corrected chi connectivity index (χ4v) is 5.56. The molecule has 0 aliphatic carbocycles. The Bertz CT molecular complexity index is 1710. The average Bonchev–Trinajstić information content (AvgIpc) is 3.21. The van der Waals surface area contributed by atoms with Crippen LogP contribution < -0.4 is 19.6 Å². The molecule has 1 unspecified atom stereocenters. The van der Waals surface area contributed by atoms with Gasteiger partial charge in [-0.1, -0.05) is 78.6 Å². The molecule has 0 saturated carbocycles. The predicted octanol–water partition coefficient (Wildman–Crippen LogP) is 4.52. The summed E-state index contributed by atoms with van der Waals surface area (Å²) in [5, 5.41) is 2.16. The van der Waals surface area contributed by atoms with Crippen LogP contribution in [0.25, 0.3) is 16.8 Å². The van der Waals surface area contributed by atoms with Crippen molar-refractivity contribution in [3.05, 3.63) is 121 Å². The first-order valence-corrected chi connectivity index (χ1v) is 12.8. The number of thiazole rings is 1. The third-order valence-electron chi connectivity index (χ3n) is 6.19. The summed E-state index contributed by atoms with van der Waals surface area (Å²) in [5.74, 6) is 0.189. The van der Waals surface area contributed by atoms with Crippen molar-refractivity contribution in [2.24, 2.45) is 4.99 Å². The Morgan fingerprint density at radius 3 is 2.62 bits per heavy atom. The number of hydrogen-bond acceptors (Lipinski definition) is 6. The molecule has 0 N–H and O–H groups in total. The highest BCUT2D eigenvalue weighted by molar-refractivity contribution is 7.07. The van der Waals surface area contributed by atoms with Gasteiger partial charge in [0, 0.05) is 0 Å². The number of nitrogens with zero attached hydrogens (tertiary/aromatic N) is 2. The van der Waals surface area contributed by atoms with Gasteiger partial charge < -0.3 is 9.47 Å². The number of carbonyl (C=O) groups excluding carboxylic acids is 1. The molecule has 1 atom stereocenters. The molecule has 3 aromatic carbocycles. The van der Waals surface area contributed by atoms with Gasteiger partial charge in [0.2, 0.25) is 0 Å². The number of hydrogen-bond donors (Lipinski definition) is 0. The van der Waals surface area contributed by atoms with Crippen molar-refractivity contribution in [1.29, 1.82) is 0 Å². The Balaban J connectivity index is 1.69. The number of allylic oxidation sites excluding steroid dienone is 1. The Kier molecular flexibility index (Phi) is 6.88. The third-order valence-corrected chi connectivity index (χ3v) is 7.17. The van der Waals surface area contributed by atoms with Gasteiger partial charge in [-0.15, -0.1) is 0 Å². The molecule has 7 heteroatoms. The normalized spacial score (nSPS) is 15.3. The Morgan fingerprint density at radius 2 is 1.86 bits per heavy atom. The molecule has 6 nitrogen and oxygen atoms in total. The number of esters is 1. The van der Waals surface area contributed by atoms with E-state index in [4.69, 9.17) is 9.47 Å². The molecule has 0 radical (unpaired) electrons. The smallest absolute Gasteiger partial charge is 0.338 e. The fourth-order valence-electron chi connectivity index (χ4n) is 4.53. The second kappa shape index (κ2) is 10.4. The maximum Gasteiger partial charge on any atom is 0.338 e. The van der Waals surface area contributed by atoms with E-state index in [0.717, 1.165) is 21.9 Å². The van der Waals surface area contributed by atoms with Gasteiger partial charge in [-0.25, -0.2) is 9.79 Å². The van der Waals surface area contributed by atoms with Crippen molar-refractivity contribution in [3.8, 4) is 5.75 Å². The zero-order chi connectivity index (χ0) is 25.9. The molecule has 1 aliphatic rings. The Morgan fingerprint density at radius 1 is 1.11 bits per heavy atom. The molecule has 1 aromatic heterocycles. The highest BCUT2D eigenvalue weighted by atomic mass is 32.1. The lowest BCUT2D eigenvalue weighted by Gasteiger charge is -2.24. The maximum absolute atomic E-state index is 13.9. The zero-order valence-electron chi connectivity index (χ0n) is 20.6. The molecule has 0 fully saturated rings. The van der Waals surface area contributed by atoms with Crippen molar-refractivity contribution in [3.63, 3.8) is 0 Å². The van der Waals surface area contributed by atoms with Gasteiger partial charge in [-0.05, 0) is 54.0 Å². The van der Waals surface area contributed by atoms with Crippen molar-refractivity contribution in [1.82, 2.24) is 4.57 Å². The van der Waals surface area contributed by atoms with Crippen molar-refractivity contribution in [2.75, 3.05) is 13.2 Å². The highest BCUT2D eigenvalue weighted by Crippen LogP contribution is 2.31. The van der Waals surface area contributed by atoms with E-state index in [1.165, 1.54) is 11.3 Å². The number of carbonyl (C=O) groups is 1. The summed E-state index contributed by atoms with van der Waals surface area (Å²) in [4.78, 5) is 32.1. The molecule has 5 rings (SSSR count). The first-order valence-electron chi connectivity index (χ1n) is 12.0.